The second-order valence-corrected chi connectivity index (χ2v) is 6.40. The summed E-state index contributed by atoms with van der Waals surface area (Å²) in [6.45, 7) is 6.50. The normalized spacial score (nSPS) is 17.9. The molecule has 1 atom stereocenters. The number of rotatable bonds is 1. The van der Waals surface area contributed by atoms with Crippen molar-refractivity contribution in [3.8, 4) is 0 Å². The number of para-hydroxylation sites is 2. The lowest BCUT2D eigenvalue weighted by Gasteiger charge is -2.21. The second-order valence-electron chi connectivity index (χ2n) is 6.40. The molecule has 1 aliphatic heterocycles. The molecule has 1 aromatic carbocycles. The highest BCUT2D eigenvalue weighted by molar-refractivity contribution is 6.00. The Labute approximate surface area is 135 Å². The molecular weight excluding hydrogens is 294 g/mol. The summed E-state index contributed by atoms with van der Waals surface area (Å²) in [6.07, 6.45) is 0.616. The molecule has 2 heterocycles. The zero-order chi connectivity index (χ0) is 17.1. The number of benzene rings is 1. The van der Waals surface area contributed by atoms with E-state index in [0.717, 1.165) is 11.4 Å². The topological polar surface area (TPSA) is 73.1 Å². The van der Waals surface area contributed by atoms with Crippen molar-refractivity contribution in [1.29, 1.82) is 0 Å². The van der Waals surface area contributed by atoms with Crippen LogP contribution in [0.4, 0.5) is 0 Å². The van der Waals surface area contributed by atoms with Crippen molar-refractivity contribution < 1.29 is 9.59 Å². The number of amides is 2. The van der Waals surface area contributed by atoms with Gasteiger partial charge in [-0.2, -0.15) is 0 Å². The smallest absolute Gasteiger partial charge is 0.295 e. The minimum Gasteiger partial charge on any atom is -0.295 e. The van der Waals surface area contributed by atoms with E-state index in [4.69, 9.17) is 0 Å². The molecule has 1 saturated heterocycles. The first-order chi connectivity index (χ1) is 10.8. The first-order valence-electron chi connectivity index (χ1n) is 7.82. The Morgan fingerprint density at radius 1 is 1.09 bits per heavy atom. The van der Waals surface area contributed by atoms with Gasteiger partial charge in [0.15, 0.2) is 0 Å². The minimum absolute atomic E-state index is 0.240. The fraction of sp³-hybridized carbons (Fsp3) is 0.471. The van der Waals surface area contributed by atoms with Crippen LogP contribution in [0.15, 0.2) is 29.1 Å². The van der Waals surface area contributed by atoms with Crippen LogP contribution in [-0.2, 0) is 16.6 Å². The molecular formula is C17H23N3O3. The molecule has 0 radical (unpaired) electrons. The van der Waals surface area contributed by atoms with E-state index >= 15 is 0 Å². The molecule has 0 bridgehead atoms. The van der Waals surface area contributed by atoms with E-state index in [1.54, 1.807) is 13.1 Å². The predicted molar refractivity (Wildman–Crippen MR) is 89.1 cm³/mol. The SMILES string of the molecule is CC(C)C.Cn1c(=O)n(C2CCC(=O)NC2=O)c2ccccc21. The molecule has 23 heavy (non-hydrogen) atoms. The van der Waals surface area contributed by atoms with Gasteiger partial charge < -0.3 is 0 Å². The lowest BCUT2D eigenvalue weighted by atomic mass is 10.1. The number of nitrogens with zero attached hydrogens (tertiary/aromatic N) is 2. The number of piperidine rings is 1. The lowest BCUT2D eigenvalue weighted by molar-refractivity contribution is -0.135. The van der Waals surface area contributed by atoms with Gasteiger partial charge in [0, 0.05) is 13.5 Å². The highest BCUT2D eigenvalue weighted by Crippen LogP contribution is 2.22. The third kappa shape index (κ3) is 3.52. The van der Waals surface area contributed by atoms with Gasteiger partial charge in [-0.3, -0.25) is 24.0 Å². The fourth-order valence-corrected chi connectivity index (χ4v) is 2.55. The molecule has 1 aliphatic rings. The van der Waals surface area contributed by atoms with Crippen molar-refractivity contribution in [3.05, 3.63) is 34.7 Å². The molecule has 1 N–H and O–H groups in total. The first-order valence-corrected chi connectivity index (χ1v) is 7.82. The molecule has 1 unspecified atom stereocenters. The van der Waals surface area contributed by atoms with Gasteiger partial charge in [-0.25, -0.2) is 4.79 Å². The molecule has 0 aliphatic carbocycles. The molecule has 2 aromatic rings. The van der Waals surface area contributed by atoms with Crippen molar-refractivity contribution in [1.82, 2.24) is 14.5 Å². The zero-order valence-electron chi connectivity index (χ0n) is 14.0. The molecule has 1 aromatic heterocycles. The van der Waals surface area contributed by atoms with Crippen LogP contribution >= 0.6 is 0 Å². The predicted octanol–water partition coefficient (Wildman–Crippen LogP) is 1.98. The van der Waals surface area contributed by atoms with E-state index in [-0.39, 0.29) is 18.0 Å². The van der Waals surface area contributed by atoms with Crippen molar-refractivity contribution in [3.63, 3.8) is 0 Å². The van der Waals surface area contributed by atoms with Crippen molar-refractivity contribution in [2.75, 3.05) is 0 Å². The van der Waals surface area contributed by atoms with Gasteiger partial charge in [0.2, 0.25) is 11.8 Å². The number of imidazole rings is 1. The number of aryl methyl sites for hydroxylation is 1. The van der Waals surface area contributed by atoms with Crippen LogP contribution in [0.5, 0.6) is 0 Å². The number of carbonyl (C=O) groups excluding carboxylic acids is 2. The Bertz CT molecular complexity index is 783. The number of imide groups is 1. The number of fused-ring (bicyclic) bond motifs is 1. The number of aromatic nitrogens is 2. The first kappa shape index (κ1) is 17.0. The summed E-state index contributed by atoms with van der Waals surface area (Å²) in [7, 11) is 1.67. The van der Waals surface area contributed by atoms with Gasteiger partial charge in [-0.05, 0) is 24.5 Å². The molecule has 1 fully saturated rings. The quantitative estimate of drug-likeness (QED) is 0.817. The fourth-order valence-electron chi connectivity index (χ4n) is 2.55. The van der Waals surface area contributed by atoms with Crippen LogP contribution in [0.3, 0.4) is 0 Å². The number of hydrogen-bond donors (Lipinski definition) is 1. The largest absolute Gasteiger partial charge is 0.329 e. The van der Waals surface area contributed by atoms with E-state index in [0.29, 0.717) is 11.9 Å². The third-order valence-corrected chi connectivity index (χ3v) is 3.52. The summed E-state index contributed by atoms with van der Waals surface area (Å²) in [5, 5.41) is 2.28. The maximum atomic E-state index is 12.3. The van der Waals surface area contributed by atoms with E-state index in [9.17, 15) is 14.4 Å². The Morgan fingerprint density at radius 3 is 2.22 bits per heavy atom. The molecule has 6 nitrogen and oxygen atoms in total. The van der Waals surface area contributed by atoms with Crippen LogP contribution in [0.2, 0.25) is 0 Å². The molecule has 6 heteroatoms. The van der Waals surface area contributed by atoms with Crippen LogP contribution in [0.1, 0.15) is 39.7 Å². The Kier molecular flexibility index (Phi) is 5.03. The summed E-state index contributed by atoms with van der Waals surface area (Å²) in [5.74, 6) is 0.143. The van der Waals surface area contributed by atoms with Crippen LogP contribution < -0.4 is 11.0 Å². The molecule has 3 rings (SSSR count). The Balaban J connectivity index is 0.000000433. The monoisotopic (exact) mass is 317 g/mol. The van der Waals surface area contributed by atoms with Crippen LogP contribution in [-0.4, -0.2) is 20.9 Å². The maximum absolute atomic E-state index is 12.3. The maximum Gasteiger partial charge on any atom is 0.329 e. The summed E-state index contributed by atoms with van der Waals surface area (Å²) < 4.78 is 2.98. The van der Waals surface area contributed by atoms with Crippen molar-refractivity contribution in [2.45, 2.75) is 39.7 Å². The van der Waals surface area contributed by atoms with E-state index < -0.39 is 11.9 Å². The van der Waals surface area contributed by atoms with Gasteiger partial charge >= 0.3 is 5.69 Å². The van der Waals surface area contributed by atoms with Crippen molar-refractivity contribution >= 4 is 22.8 Å². The van der Waals surface area contributed by atoms with E-state index in [1.165, 1.54) is 9.13 Å². The highest BCUT2D eigenvalue weighted by Gasteiger charge is 2.30. The second kappa shape index (κ2) is 6.81. The van der Waals surface area contributed by atoms with Gasteiger partial charge in [0.25, 0.3) is 0 Å². The Morgan fingerprint density at radius 2 is 1.65 bits per heavy atom. The molecule has 0 saturated carbocycles. The summed E-state index contributed by atoms with van der Waals surface area (Å²) in [4.78, 5) is 35.4. The van der Waals surface area contributed by atoms with Gasteiger partial charge in [0.1, 0.15) is 6.04 Å². The number of hydrogen-bond acceptors (Lipinski definition) is 3. The summed E-state index contributed by atoms with van der Waals surface area (Å²) >= 11 is 0. The average Bonchev–Trinajstić information content (AvgIpc) is 2.72. The summed E-state index contributed by atoms with van der Waals surface area (Å²) in [5.41, 5.74) is 1.25. The van der Waals surface area contributed by atoms with Gasteiger partial charge in [-0.15, -0.1) is 0 Å². The van der Waals surface area contributed by atoms with Gasteiger partial charge in [0.05, 0.1) is 11.0 Å². The van der Waals surface area contributed by atoms with E-state index in [2.05, 4.69) is 26.1 Å². The molecule has 2 amide bonds. The number of carbonyl (C=O) groups is 2. The number of nitrogens with one attached hydrogen (secondary N) is 1. The molecule has 0 spiro atoms. The van der Waals surface area contributed by atoms with Crippen LogP contribution in [0.25, 0.3) is 11.0 Å². The van der Waals surface area contributed by atoms with Crippen molar-refractivity contribution in [2.24, 2.45) is 13.0 Å². The third-order valence-electron chi connectivity index (χ3n) is 3.52. The summed E-state index contributed by atoms with van der Waals surface area (Å²) in [6, 6.07) is 6.69. The average molecular weight is 317 g/mol. The van der Waals surface area contributed by atoms with Crippen LogP contribution in [0, 0.1) is 5.92 Å². The van der Waals surface area contributed by atoms with Gasteiger partial charge in [-0.1, -0.05) is 32.9 Å². The Hall–Kier alpha value is -2.37. The minimum atomic E-state index is -0.615. The highest BCUT2D eigenvalue weighted by atomic mass is 16.2. The molecule has 124 valence electrons. The standard InChI is InChI=1S/C13H13N3O3.C4H10/c1-15-8-4-2-3-5-9(8)16(13(15)19)10-6-7-11(17)14-12(10)18;1-4(2)3/h2-5,10H,6-7H2,1H3,(H,14,17,18);4H,1-3H3. The van der Waals surface area contributed by atoms with E-state index in [1.807, 2.05) is 18.2 Å². The lowest BCUT2D eigenvalue weighted by Crippen LogP contribution is -2.44. The zero-order valence-corrected chi connectivity index (χ0v) is 14.0.